The summed E-state index contributed by atoms with van der Waals surface area (Å²) in [6, 6.07) is 11.7. The Kier molecular flexibility index (Phi) is 4.03. The predicted octanol–water partition coefficient (Wildman–Crippen LogP) is 5.45. The van der Waals surface area contributed by atoms with Gasteiger partial charge in [-0.1, -0.05) is 28.1 Å². The summed E-state index contributed by atoms with van der Waals surface area (Å²) in [6.45, 7) is 0.431. The Morgan fingerprint density at radius 1 is 1.20 bits per heavy atom. The maximum Gasteiger partial charge on any atom is 0.230 e. The standard InChI is InChI=1S/C14H10BrN3OS/c15-11-5-3-10(4-6-11)13-9-20-14(17-13)18-16-8-12-2-1-7-19-12/h1-7,9H,8H2. The highest BCUT2D eigenvalue weighted by atomic mass is 79.9. The van der Waals surface area contributed by atoms with Crippen LogP contribution in [0.3, 0.4) is 0 Å². The molecule has 0 bridgehead atoms. The number of hydrogen-bond donors (Lipinski definition) is 0. The highest BCUT2D eigenvalue weighted by Gasteiger charge is 2.03. The van der Waals surface area contributed by atoms with E-state index in [4.69, 9.17) is 4.42 Å². The van der Waals surface area contributed by atoms with Crippen molar-refractivity contribution in [2.45, 2.75) is 6.54 Å². The van der Waals surface area contributed by atoms with Crippen molar-refractivity contribution in [3.63, 3.8) is 0 Å². The summed E-state index contributed by atoms with van der Waals surface area (Å²) in [5.41, 5.74) is 1.98. The van der Waals surface area contributed by atoms with Gasteiger partial charge in [0, 0.05) is 15.4 Å². The number of azo groups is 1. The van der Waals surface area contributed by atoms with E-state index in [0.29, 0.717) is 11.7 Å². The Morgan fingerprint density at radius 2 is 2.05 bits per heavy atom. The number of aromatic nitrogens is 1. The van der Waals surface area contributed by atoms with Crippen LogP contribution in [0.5, 0.6) is 0 Å². The van der Waals surface area contributed by atoms with Crippen molar-refractivity contribution >= 4 is 32.4 Å². The molecule has 3 aromatic rings. The Balaban J connectivity index is 1.70. The molecular formula is C14H10BrN3OS. The van der Waals surface area contributed by atoms with Crippen LogP contribution in [0, 0.1) is 0 Å². The molecule has 0 atom stereocenters. The van der Waals surface area contributed by atoms with E-state index in [0.717, 1.165) is 21.5 Å². The van der Waals surface area contributed by atoms with Gasteiger partial charge in [-0.2, -0.15) is 5.11 Å². The molecule has 20 heavy (non-hydrogen) atoms. The normalized spacial score (nSPS) is 11.2. The zero-order valence-corrected chi connectivity index (χ0v) is 12.8. The molecule has 0 spiro atoms. The quantitative estimate of drug-likeness (QED) is 0.589. The largest absolute Gasteiger partial charge is 0.467 e. The number of nitrogens with zero attached hydrogens (tertiary/aromatic N) is 3. The molecule has 100 valence electrons. The van der Waals surface area contributed by atoms with Crippen LogP contribution in [0.1, 0.15) is 5.76 Å². The fourth-order valence-electron chi connectivity index (χ4n) is 1.63. The lowest BCUT2D eigenvalue weighted by molar-refractivity contribution is 0.509. The summed E-state index contributed by atoms with van der Waals surface area (Å²) in [5.74, 6) is 0.790. The van der Waals surface area contributed by atoms with Crippen LogP contribution in [-0.2, 0) is 6.54 Å². The molecule has 2 aromatic heterocycles. The van der Waals surface area contributed by atoms with E-state index in [1.54, 1.807) is 6.26 Å². The van der Waals surface area contributed by atoms with Gasteiger partial charge in [0.05, 0.1) is 12.0 Å². The highest BCUT2D eigenvalue weighted by molar-refractivity contribution is 9.10. The third kappa shape index (κ3) is 3.20. The summed E-state index contributed by atoms with van der Waals surface area (Å²) < 4.78 is 6.23. The first-order chi connectivity index (χ1) is 9.81. The van der Waals surface area contributed by atoms with Crippen LogP contribution >= 0.6 is 27.3 Å². The molecule has 0 N–H and O–H groups in total. The molecule has 0 radical (unpaired) electrons. The molecule has 0 amide bonds. The third-order valence-electron chi connectivity index (χ3n) is 2.59. The summed E-state index contributed by atoms with van der Waals surface area (Å²) in [6.07, 6.45) is 1.62. The fraction of sp³-hybridized carbons (Fsp3) is 0.0714. The van der Waals surface area contributed by atoms with E-state index in [1.807, 2.05) is 41.8 Å². The summed E-state index contributed by atoms with van der Waals surface area (Å²) in [4.78, 5) is 4.44. The maximum absolute atomic E-state index is 5.18. The molecule has 6 heteroatoms. The zero-order chi connectivity index (χ0) is 13.8. The molecule has 0 saturated carbocycles. The topological polar surface area (TPSA) is 50.8 Å². The first-order valence-corrected chi connectivity index (χ1v) is 7.60. The lowest BCUT2D eigenvalue weighted by Gasteiger charge is -1.95. The SMILES string of the molecule is Brc1ccc(-c2csc(N=NCc3ccco3)n2)cc1. The molecule has 0 saturated heterocycles. The third-order valence-corrected chi connectivity index (χ3v) is 3.85. The van der Waals surface area contributed by atoms with Crippen molar-refractivity contribution in [2.24, 2.45) is 10.2 Å². The van der Waals surface area contributed by atoms with Crippen LogP contribution in [0.2, 0.25) is 0 Å². The lowest BCUT2D eigenvalue weighted by Crippen LogP contribution is -1.76. The van der Waals surface area contributed by atoms with E-state index in [-0.39, 0.29) is 0 Å². The molecule has 4 nitrogen and oxygen atoms in total. The molecule has 2 heterocycles. The molecule has 0 aliphatic heterocycles. The average Bonchev–Trinajstić information content (AvgIpc) is 3.11. The van der Waals surface area contributed by atoms with E-state index in [1.165, 1.54) is 11.3 Å². The van der Waals surface area contributed by atoms with Crippen LogP contribution in [-0.4, -0.2) is 4.98 Å². The van der Waals surface area contributed by atoms with Crippen molar-refractivity contribution in [2.75, 3.05) is 0 Å². The number of rotatable bonds is 4. The van der Waals surface area contributed by atoms with Gasteiger partial charge in [0.2, 0.25) is 5.13 Å². The second-order valence-electron chi connectivity index (χ2n) is 4.00. The molecule has 0 fully saturated rings. The molecule has 0 aliphatic carbocycles. The maximum atomic E-state index is 5.18. The monoisotopic (exact) mass is 347 g/mol. The van der Waals surface area contributed by atoms with Gasteiger partial charge >= 0.3 is 0 Å². The van der Waals surface area contributed by atoms with Crippen LogP contribution in [0.25, 0.3) is 11.3 Å². The van der Waals surface area contributed by atoms with Gasteiger partial charge in [-0.05, 0) is 24.3 Å². The minimum Gasteiger partial charge on any atom is -0.467 e. The Morgan fingerprint density at radius 3 is 2.80 bits per heavy atom. The number of hydrogen-bond acceptors (Lipinski definition) is 5. The number of benzene rings is 1. The summed E-state index contributed by atoms with van der Waals surface area (Å²) in [5, 5.41) is 10.8. The van der Waals surface area contributed by atoms with Gasteiger partial charge in [-0.3, -0.25) is 0 Å². The van der Waals surface area contributed by atoms with Gasteiger partial charge < -0.3 is 4.42 Å². The molecule has 0 unspecified atom stereocenters. The lowest BCUT2D eigenvalue weighted by atomic mass is 10.2. The minimum absolute atomic E-state index is 0.431. The summed E-state index contributed by atoms with van der Waals surface area (Å²) >= 11 is 4.89. The second-order valence-corrected chi connectivity index (χ2v) is 5.75. The predicted molar refractivity (Wildman–Crippen MR) is 82.2 cm³/mol. The second kappa shape index (κ2) is 6.11. The van der Waals surface area contributed by atoms with Gasteiger partial charge in [-0.15, -0.1) is 16.5 Å². The first-order valence-electron chi connectivity index (χ1n) is 5.92. The first kappa shape index (κ1) is 13.2. The molecule has 1 aromatic carbocycles. The van der Waals surface area contributed by atoms with Gasteiger partial charge in [0.25, 0.3) is 0 Å². The van der Waals surface area contributed by atoms with Crippen molar-refractivity contribution in [1.29, 1.82) is 0 Å². The Hall–Kier alpha value is -1.79. The van der Waals surface area contributed by atoms with Crippen molar-refractivity contribution in [1.82, 2.24) is 4.98 Å². The van der Waals surface area contributed by atoms with E-state index >= 15 is 0 Å². The molecule has 3 rings (SSSR count). The van der Waals surface area contributed by atoms with Crippen molar-refractivity contribution in [3.05, 3.63) is 58.3 Å². The summed E-state index contributed by atoms with van der Waals surface area (Å²) in [7, 11) is 0. The average molecular weight is 348 g/mol. The number of halogens is 1. The van der Waals surface area contributed by atoms with Gasteiger partial charge in [0.15, 0.2) is 0 Å². The van der Waals surface area contributed by atoms with Crippen LogP contribution in [0.4, 0.5) is 5.13 Å². The minimum atomic E-state index is 0.431. The van der Waals surface area contributed by atoms with E-state index < -0.39 is 0 Å². The fourth-order valence-corrected chi connectivity index (χ4v) is 2.56. The van der Waals surface area contributed by atoms with Gasteiger partial charge in [0.1, 0.15) is 12.3 Å². The Bertz CT molecular complexity index is 704. The smallest absolute Gasteiger partial charge is 0.230 e. The van der Waals surface area contributed by atoms with Crippen LogP contribution < -0.4 is 0 Å². The van der Waals surface area contributed by atoms with E-state index in [2.05, 4.69) is 31.1 Å². The molecule has 0 aliphatic rings. The molecular weight excluding hydrogens is 338 g/mol. The van der Waals surface area contributed by atoms with E-state index in [9.17, 15) is 0 Å². The van der Waals surface area contributed by atoms with Crippen molar-refractivity contribution < 1.29 is 4.42 Å². The number of furan rings is 1. The van der Waals surface area contributed by atoms with Crippen LogP contribution in [0.15, 0.2) is 67.2 Å². The van der Waals surface area contributed by atoms with Crippen molar-refractivity contribution in [3.8, 4) is 11.3 Å². The van der Waals surface area contributed by atoms with Gasteiger partial charge in [-0.25, -0.2) is 4.98 Å². The number of thiazole rings is 1. The Labute approximate surface area is 128 Å². The highest BCUT2D eigenvalue weighted by Crippen LogP contribution is 2.27. The zero-order valence-electron chi connectivity index (χ0n) is 10.4.